The number of carbonyl (C=O) groups excluding carboxylic acids is 2. The molecular weight excluding hydrogens is 432 g/mol. The summed E-state index contributed by atoms with van der Waals surface area (Å²) in [6.07, 6.45) is 0.265. The highest BCUT2D eigenvalue weighted by Crippen LogP contribution is 2.29. The van der Waals surface area contributed by atoms with Gasteiger partial charge in [0.05, 0.1) is 0 Å². The summed E-state index contributed by atoms with van der Waals surface area (Å²) in [4.78, 5) is 28.2. The van der Waals surface area contributed by atoms with Gasteiger partial charge in [-0.15, -0.1) is 0 Å². The Morgan fingerprint density at radius 1 is 0.818 bits per heavy atom. The average Bonchev–Trinajstić information content (AvgIpc) is 2.82. The molecule has 33 heavy (non-hydrogen) atoms. The minimum absolute atomic E-state index is 0.00572. The molecule has 5 heteroatoms. The maximum absolute atomic E-state index is 13.7. The summed E-state index contributed by atoms with van der Waals surface area (Å²) in [5.74, 6) is -0.342. The van der Waals surface area contributed by atoms with Gasteiger partial charge in [0.1, 0.15) is 6.04 Å². The van der Waals surface area contributed by atoms with Crippen molar-refractivity contribution in [2.24, 2.45) is 0 Å². The molecule has 0 aliphatic heterocycles. The maximum Gasteiger partial charge on any atom is 0.242 e. The number of amides is 2. The molecule has 2 amide bonds. The molecule has 0 aromatic heterocycles. The van der Waals surface area contributed by atoms with Crippen molar-refractivity contribution in [2.45, 2.75) is 51.7 Å². The largest absolute Gasteiger partial charge is 0.352 e. The molecule has 0 fully saturated rings. The van der Waals surface area contributed by atoms with Crippen molar-refractivity contribution >= 4 is 23.4 Å². The number of benzene rings is 3. The lowest BCUT2D eigenvalue weighted by molar-refractivity contribution is -0.141. The summed E-state index contributed by atoms with van der Waals surface area (Å²) >= 11 is 6.04. The number of nitrogens with one attached hydrogen (secondary N) is 1. The molecular formula is C28H31ClN2O2. The van der Waals surface area contributed by atoms with Crippen LogP contribution in [0.3, 0.4) is 0 Å². The fourth-order valence-corrected chi connectivity index (χ4v) is 3.99. The zero-order valence-corrected chi connectivity index (χ0v) is 20.1. The van der Waals surface area contributed by atoms with Gasteiger partial charge in [0.25, 0.3) is 0 Å². The van der Waals surface area contributed by atoms with E-state index in [0.29, 0.717) is 11.6 Å². The van der Waals surface area contributed by atoms with Crippen LogP contribution in [0.15, 0.2) is 84.9 Å². The van der Waals surface area contributed by atoms with Crippen molar-refractivity contribution in [1.82, 2.24) is 10.2 Å². The highest BCUT2D eigenvalue weighted by molar-refractivity contribution is 6.30. The van der Waals surface area contributed by atoms with E-state index in [2.05, 4.69) is 5.32 Å². The second kappa shape index (κ2) is 11.7. The summed E-state index contributed by atoms with van der Waals surface area (Å²) in [5.41, 5.74) is 3.07. The fourth-order valence-electron chi connectivity index (χ4n) is 3.86. The van der Waals surface area contributed by atoms with Gasteiger partial charge in [-0.1, -0.05) is 84.4 Å². The molecule has 0 spiro atoms. The molecule has 0 saturated heterocycles. The van der Waals surface area contributed by atoms with Crippen molar-refractivity contribution in [3.63, 3.8) is 0 Å². The van der Waals surface area contributed by atoms with Crippen LogP contribution in [0.1, 0.15) is 49.8 Å². The van der Waals surface area contributed by atoms with Crippen LogP contribution in [0.5, 0.6) is 0 Å². The molecule has 1 atom stereocenters. The Hall–Kier alpha value is -3.11. The lowest BCUT2D eigenvalue weighted by atomic mass is 9.88. The number of rotatable bonds is 9. The van der Waals surface area contributed by atoms with E-state index in [1.165, 1.54) is 0 Å². The Morgan fingerprint density at radius 3 is 1.82 bits per heavy atom. The first-order valence-electron chi connectivity index (χ1n) is 11.3. The molecule has 3 rings (SSSR count). The Bertz CT molecular complexity index is 997. The van der Waals surface area contributed by atoms with Crippen LogP contribution >= 0.6 is 11.6 Å². The molecule has 3 aromatic carbocycles. The molecule has 0 bridgehead atoms. The van der Waals surface area contributed by atoms with Crippen LogP contribution in [0.25, 0.3) is 0 Å². The van der Waals surface area contributed by atoms with E-state index in [0.717, 1.165) is 16.7 Å². The van der Waals surface area contributed by atoms with Crippen LogP contribution < -0.4 is 5.32 Å². The predicted molar refractivity (Wildman–Crippen MR) is 134 cm³/mol. The first-order valence-corrected chi connectivity index (χ1v) is 11.7. The maximum atomic E-state index is 13.7. The number of halogens is 1. The van der Waals surface area contributed by atoms with Crippen molar-refractivity contribution in [3.05, 3.63) is 107 Å². The quantitative estimate of drug-likeness (QED) is 0.436. The van der Waals surface area contributed by atoms with E-state index < -0.39 is 6.04 Å². The average molecular weight is 463 g/mol. The van der Waals surface area contributed by atoms with E-state index in [-0.39, 0.29) is 30.2 Å². The molecule has 0 aliphatic carbocycles. The first kappa shape index (κ1) is 24.5. The Morgan fingerprint density at radius 2 is 1.33 bits per heavy atom. The number of nitrogens with zero attached hydrogens (tertiary/aromatic N) is 1. The molecule has 0 aliphatic rings. The van der Waals surface area contributed by atoms with Crippen LogP contribution in [0.2, 0.25) is 5.02 Å². The van der Waals surface area contributed by atoms with Gasteiger partial charge in [-0.3, -0.25) is 9.59 Å². The molecule has 3 aromatic rings. The van der Waals surface area contributed by atoms with Crippen molar-refractivity contribution in [2.75, 3.05) is 0 Å². The van der Waals surface area contributed by atoms with E-state index in [9.17, 15) is 9.59 Å². The van der Waals surface area contributed by atoms with Gasteiger partial charge in [0.2, 0.25) is 11.8 Å². The van der Waals surface area contributed by atoms with Gasteiger partial charge in [-0.25, -0.2) is 0 Å². The smallest absolute Gasteiger partial charge is 0.242 e. The Balaban J connectivity index is 1.91. The summed E-state index contributed by atoms with van der Waals surface area (Å²) in [6, 6.07) is 26.8. The van der Waals surface area contributed by atoms with Crippen molar-refractivity contribution < 1.29 is 9.59 Å². The highest BCUT2D eigenvalue weighted by atomic mass is 35.5. The molecule has 0 unspecified atom stereocenters. The van der Waals surface area contributed by atoms with Crippen LogP contribution in [-0.4, -0.2) is 28.8 Å². The highest BCUT2D eigenvalue weighted by Gasteiger charge is 2.29. The third-order valence-corrected chi connectivity index (χ3v) is 5.90. The summed E-state index contributed by atoms with van der Waals surface area (Å²) < 4.78 is 0. The molecule has 4 nitrogen and oxygen atoms in total. The topological polar surface area (TPSA) is 49.4 Å². The van der Waals surface area contributed by atoms with Crippen molar-refractivity contribution in [1.29, 1.82) is 0 Å². The molecule has 0 heterocycles. The summed E-state index contributed by atoms with van der Waals surface area (Å²) in [6.45, 7) is 5.94. The van der Waals surface area contributed by atoms with E-state index in [1.807, 2.05) is 86.6 Å². The van der Waals surface area contributed by atoms with E-state index in [1.54, 1.807) is 24.0 Å². The standard InChI is InChI=1S/C28H31ClN2O2/c1-20(2)30-28(33)21(3)31(19-22-14-16-25(29)17-15-22)27(32)18-26(23-10-6-4-7-11-23)24-12-8-5-9-13-24/h4-17,20-21,26H,18-19H2,1-3H3,(H,30,33)/t21-/m1/s1. The lowest BCUT2D eigenvalue weighted by Gasteiger charge is -2.31. The van der Waals surface area contributed by atoms with Gasteiger partial charge in [-0.05, 0) is 49.6 Å². The number of hydrogen-bond donors (Lipinski definition) is 1. The first-order chi connectivity index (χ1) is 15.8. The molecule has 1 N–H and O–H groups in total. The summed E-state index contributed by atoms with van der Waals surface area (Å²) in [7, 11) is 0. The number of carbonyl (C=O) groups is 2. The van der Waals surface area contributed by atoms with E-state index in [4.69, 9.17) is 11.6 Å². The summed E-state index contributed by atoms with van der Waals surface area (Å²) in [5, 5.41) is 3.57. The Labute approximate surface area is 201 Å². The van der Waals surface area contributed by atoms with Gasteiger partial charge in [0, 0.05) is 29.9 Å². The van der Waals surface area contributed by atoms with Crippen LogP contribution in [0, 0.1) is 0 Å². The van der Waals surface area contributed by atoms with Gasteiger partial charge in [0.15, 0.2) is 0 Å². The SMILES string of the molecule is CC(C)NC(=O)[C@@H](C)N(Cc1ccc(Cl)cc1)C(=O)CC(c1ccccc1)c1ccccc1. The van der Waals surface area contributed by atoms with Crippen LogP contribution in [0.4, 0.5) is 0 Å². The lowest BCUT2D eigenvalue weighted by Crippen LogP contribution is -2.49. The zero-order chi connectivity index (χ0) is 23.8. The third kappa shape index (κ3) is 6.93. The fraction of sp³-hybridized carbons (Fsp3) is 0.286. The van der Waals surface area contributed by atoms with Crippen LogP contribution in [-0.2, 0) is 16.1 Å². The predicted octanol–water partition coefficient (Wildman–Crippen LogP) is 5.80. The molecule has 0 radical (unpaired) electrons. The van der Waals surface area contributed by atoms with E-state index >= 15 is 0 Å². The molecule has 0 saturated carbocycles. The minimum Gasteiger partial charge on any atom is -0.352 e. The van der Waals surface area contributed by atoms with Gasteiger partial charge in [-0.2, -0.15) is 0 Å². The van der Waals surface area contributed by atoms with Crippen molar-refractivity contribution in [3.8, 4) is 0 Å². The zero-order valence-electron chi connectivity index (χ0n) is 19.4. The number of hydrogen-bond acceptors (Lipinski definition) is 2. The van der Waals surface area contributed by atoms with Gasteiger partial charge < -0.3 is 10.2 Å². The molecule has 172 valence electrons. The monoisotopic (exact) mass is 462 g/mol. The third-order valence-electron chi connectivity index (χ3n) is 5.65. The second-order valence-corrected chi connectivity index (χ2v) is 9.00. The Kier molecular flexibility index (Phi) is 8.67. The van der Waals surface area contributed by atoms with Gasteiger partial charge >= 0.3 is 0 Å². The normalized spacial score (nSPS) is 11.9. The second-order valence-electron chi connectivity index (χ2n) is 8.57. The minimum atomic E-state index is -0.609.